The Morgan fingerprint density at radius 3 is 1.79 bits per heavy atom. The fourth-order valence-electron chi connectivity index (χ4n) is 17.8. The molecular weight excluding hydrogens is 1110 g/mol. The smallest absolute Gasteiger partial charge is 0.315 e. The van der Waals surface area contributed by atoms with E-state index in [0.29, 0.717) is 25.7 Å². The lowest BCUT2D eigenvalue weighted by Gasteiger charge is -2.70. The molecular formula is C59H96O25. The molecule has 33 atom stereocenters. The second kappa shape index (κ2) is 24.2. The van der Waals surface area contributed by atoms with Gasteiger partial charge in [0.15, 0.2) is 25.2 Å². The summed E-state index contributed by atoms with van der Waals surface area (Å²) in [5.74, 6) is -0.129. The summed E-state index contributed by atoms with van der Waals surface area (Å²) in [6, 6.07) is 0. The predicted octanol–water partition coefficient (Wildman–Crippen LogP) is -1.66. The van der Waals surface area contributed by atoms with Crippen LogP contribution in [0.5, 0.6) is 0 Å². The number of hydrogen-bond donors (Lipinski definition) is 14. The van der Waals surface area contributed by atoms with Gasteiger partial charge in [-0.15, -0.1) is 0 Å². The molecule has 0 spiro atoms. The van der Waals surface area contributed by atoms with Crippen molar-refractivity contribution in [2.75, 3.05) is 19.8 Å². The molecule has 0 radical (unpaired) electrons. The minimum atomic E-state index is -1.88. The van der Waals surface area contributed by atoms with E-state index in [1.54, 1.807) is 0 Å². The van der Waals surface area contributed by atoms with Gasteiger partial charge in [-0.05, 0) is 123 Å². The van der Waals surface area contributed by atoms with Crippen LogP contribution in [-0.4, -0.2) is 251 Å². The van der Waals surface area contributed by atoms with Gasteiger partial charge in [-0.3, -0.25) is 4.79 Å². The highest BCUT2D eigenvalue weighted by Gasteiger charge is 2.71. The first-order valence-electron chi connectivity index (χ1n) is 30.6. The summed E-state index contributed by atoms with van der Waals surface area (Å²) in [6.07, 6.45) is -28.5. The van der Waals surface area contributed by atoms with Gasteiger partial charge in [-0.1, -0.05) is 60.1 Å². The van der Waals surface area contributed by atoms with Crippen LogP contribution < -0.4 is 0 Å². The van der Waals surface area contributed by atoms with E-state index in [-0.39, 0.29) is 58.5 Å². The van der Waals surface area contributed by atoms with Crippen molar-refractivity contribution in [1.29, 1.82) is 0 Å². The molecule has 10 rings (SSSR count). The van der Waals surface area contributed by atoms with Gasteiger partial charge in [0.05, 0.1) is 43.5 Å². The number of esters is 1. The van der Waals surface area contributed by atoms with Crippen LogP contribution in [0.25, 0.3) is 0 Å². The Hall–Kier alpha value is -1.71. The largest absolute Gasteiger partial charge is 0.432 e. The molecule has 10 aliphatic rings. The summed E-state index contributed by atoms with van der Waals surface area (Å²) >= 11 is 0. The summed E-state index contributed by atoms with van der Waals surface area (Å²) in [5, 5.41) is 151. The summed E-state index contributed by atoms with van der Waals surface area (Å²) in [4.78, 5) is 15.2. The lowest BCUT2D eigenvalue weighted by atomic mass is 9.34. The molecule has 482 valence electrons. The SMILES string of the molecule is CC(C)[C@@H]1CC[C@@]2(C(=O)O[C@H]3O[C@@H](CO[C@H]4O[C@@H](CO)[C@H](O[C@H]5O[C@@H](C)[C@H](O)[C@@H](O)[C@@H]5O)[C@@H](O)[C@@H]4O)[C@H](O)[C@@H](O)[C@@H]3O)CC[C@@]3(C)C(=CC[C@H]4[C@@]5(C)CC[C@@H](O[C@H]6OC[C@H](O)[C@@H](O)[C@@H]6O[C@H]6O[C@@H](C)[C@H](O)[C@@H](O)[C@@H]6O)C(C)(C)[C@@H]5CC[C@]43C)[C@@H]12. The zero-order chi connectivity index (χ0) is 61.2. The Balaban J connectivity index is 0.826. The second-order valence-corrected chi connectivity index (χ2v) is 28.1. The lowest BCUT2D eigenvalue weighted by Crippen LogP contribution is -2.66. The number of rotatable bonds is 13. The van der Waals surface area contributed by atoms with Gasteiger partial charge >= 0.3 is 5.97 Å². The van der Waals surface area contributed by atoms with E-state index in [2.05, 4.69) is 54.5 Å². The van der Waals surface area contributed by atoms with Gasteiger partial charge in [0.25, 0.3) is 0 Å². The topological polar surface area (TPSA) is 393 Å². The zero-order valence-electron chi connectivity index (χ0n) is 49.6. The maximum atomic E-state index is 15.2. The predicted molar refractivity (Wildman–Crippen MR) is 287 cm³/mol. The molecule has 5 heterocycles. The molecule has 5 saturated heterocycles. The van der Waals surface area contributed by atoms with Gasteiger partial charge < -0.3 is 119 Å². The van der Waals surface area contributed by atoms with Crippen LogP contribution in [0, 0.1) is 56.7 Å². The summed E-state index contributed by atoms with van der Waals surface area (Å²) in [5.41, 5.74) is -0.928. The Morgan fingerprint density at radius 1 is 0.583 bits per heavy atom. The highest BCUT2D eigenvalue weighted by molar-refractivity contribution is 5.79. The Labute approximate surface area is 490 Å². The molecule has 25 heteroatoms. The van der Waals surface area contributed by atoms with Crippen LogP contribution in [0.4, 0.5) is 0 Å². The standard InChI is InChI=1S/C59H96O25/c1-23(2)26-12-17-59(54(74)84-52-45(72)41(68)38(65)30(80-52)22-76-49-46(73)42(69)47(29(20-60)79-49)82-50-43(70)39(66)35(62)24(3)77-50)19-18-57(8)27(34(26)59)10-11-32-56(7)15-14-33(55(5,6)31(56)13-16-58(32,57)9)81-53-48(37(64)28(61)21-75-53)83-51-44(71)40(67)36(63)25(4)78-51/h10,23-26,28-53,60-73H,11-22H2,1-9H3/t24-,25-,26-,28-,29-,30-,31-,32-,33+,34+,35-,36-,37+,38-,39+,40+,41+,42-,43-,44-,45-,46-,47-,48-,49-,50+,51+,52+,53+,56-,57-,58+,59+/m0/s1. The minimum absolute atomic E-state index is 0.101. The van der Waals surface area contributed by atoms with Crippen molar-refractivity contribution in [3.63, 3.8) is 0 Å². The van der Waals surface area contributed by atoms with E-state index < -0.39 is 177 Å². The number of fused-ring (bicyclic) bond motifs is 7. The van der Waals surface area contributed by atoms with Crippen LogP contribution in [0.1, 0.15) is 120 Å². The number of aliphatic hydroxyl groups is 14. The lowest BCUT2D eigenvalue weighted by molar-refractivity contribution is -0.364. The highest BCUT2D eigenvalue weighted by atomic mass is 16.8. The monoisotopic (exact) mass is 1200 g/mol. The van der Waals surface area contributed by atoms with E-state index in [4.69, 9.17) is 47.4 Å². The van der Waals surface area contributed by atoms with Gasteiger partial charge in [0.1, 0.15) is 104 Å². The molecule has 0 amide bonds. The summed E-state index contributed by atoms with van der Waals surface area (Å²) < 4.78 is 59.7. The highest BCUT2D eigenvalue weighted by Crippen LogP contribution is 2.76. The van der Waals surface area contributed by atoms with Gasteiger partial charge in [-0.2, -0.15) is 0 Å². The van der Waals surface area contributed by atoms with Crippen molar-refractivity contribution in [3.8, 4) is 0 Å². The maximum absolute atomic E-state index is 15.2. The van der Waals surface area contributed by atoms with Crippen molar-refractivity contribution in [3.05, 3.63) is 11.6 Å². The van der Waals surface area contributed by atoms with E-state index in [1.807, 2.05) is 0 Å². The fraction of sp³-hybridized carbons (Fsp3) is 0.949. The Bertz CT molecular complexity index is 2330. The average molecular weight is 1210 g/mol. The third-order valence-electron chi connectivity index (χ3n) is 23.1. The van der Waals surface area contributed by atoms with Crippen molar-refractivity contribution in [2.45, 2.75) is 274 Å². The second-order valence-electron chi connectivity index (χ2n) is 28.1. The van der Waals surface area contributed by atoms with Gasteiger partial charge in [0.2, 0.25) is 6.29 Å². The van der Waals surface area contributed by atoms with Crippen LogP contribution in [0.15, 0.2) is 11.6 Å². The van der Waals surface area contributed by atoms with E-state index >= 15 is 4.79 Å². The molecule has 0 aromatic heterocycles. The summed E-state index contributed by atoms with van der Waals surface area (Å²) in [6.45, 7) is 17.3. The molecule has 0 unspecified atom stereocenters. The van der Waals surface area contributed by atoms with Crippen molar-refractivity contribution < 1.29 is 124 Å². The molecule has 0 aromatic rings. The third kappa shape index (κ3) is 10.7. The first kappa shape index (κ1) is 65.2. The quantitative estimate of drug-likeness (QED) is 0.0557. The number of allylic oxidation sites excluding steroid dienone is 2. The molecule has 25 nitrogen and oxygen atoms in total. The first-order valence-corrected chi connectivity index (χ1v) is 30.6. The Kier molecular flexibility index (Phi) is 18.8. The number of carbonyl (C=O) groups excluding carboxylic acids is 1. The fourth-order valence-corrected chi connectivity index (χ4v) is 17.8. The zero-order valence-corrected chi connectivity index (χ0v) is 49.6. The van der Waals surface area contributed by atoms with E-state index in [9.17, 15) is 71.5 Å². The number of hydrogen-bond acceptors (Lipinski definition) is 25. The van der Waals surface area contributed by atoms with Crippen molar-refractivity contribution in [1.82, 2.24) is 0 Å². The number of aliphatic hydroxyl groups excluding tert-OH is 14. The van der Waals surface area contributed by atoms with Crippen molar-refractivity contribution >= 4 is 5.97 Å². The van der Waals surface area contributed by atoms with Crippen LogP contribution in [0.2, 0.25) is 0 Å². The number of carbonyl (C=O) groups is 1. The maximum Gasteiger partial charge on any atom is 0.315 e. The minimum Gasteiger partial charge on any atom is -0.432 e. The molecule has 9 fully saturated rings. The molecule has 84 heavy (non-hydrogen) atoms. The molecule has 5 aliphatic carbocycles. The van der Waals surface area contributed by atoms with Crippen LogP contribution in [0.3, 0.4) is 0 Å². The van der Waals surface area contributed by atoms with E-state index in [1.165, 1.54) is 19.4 Å². The molecule has 4 saturated carbocycles. The first-order chi connectivity index (χ1) is 39.4. The van der Waals surface area contributed by atoms with Gasteiger partial charge in [-0.25, -0.2) is 0 Å². The van der Waals surface area contributed by atoms with Crippen molar-refractivity contribution in [2.24, 2.45) is 56.7 Å². The normalized spacial score (nSPS) is 54.8. The summed E-state index contributed by atoms with van der Waals surface area (Å²) in [7, 11) is 0. The van der Waals surface area contributed by atoms with Crippen LogP contribution >= 0.6 is 0 Å². The average Bonchev–Trinajstić information content (AvgIpc) is 1.04. The molecule has 14 N–H and O–H groups in total. The molecule has 0 aromatic carbocycles. The Morgan fingerprint density at radius 2 is 1.17 bits per heavy atom. The molecule has 0 bridgehead atoms. The molecule has 5 aliphatic heterocycles. The van der Waals surface area contributed by atoms with Crippen LogP contribution in [-0.2, 0) is 52.2 Å². The number of ether oxygens (including phenoxy) is 10. The third-order valence-corrected chi connectivity index (χ3v) is 23.1. The van der Waals surface area contributed by atoms with Gasteiger partial charge in [0, 0.05) is 0 Å². The van der Waals surface area contributed by atoms with E-state index in [0.717, 1.165) is 32.1 Å².